The quantitative estimate of drug-likeness (QED) is 0.650. The van der Waals surface area contributed by atoms with E-state index in [4.69, 9.17) is 4.74 Å². The fourth-order valence-corrected chi connectivity index (χ4v) is 2.87. The van der Waals surface area contributed by atoms with Crippen LogP contribution in [0, 0.1) is 17.3 Å². The Bertz CT molecular complexity index is 259. The number of aliphatic hydroxyl groups excluding tert-OH is 1. The molecule has 2 heteroatoms. The molecule has 1 aliphatic heterocycles. The van der Waals surface area contributed by atoms with Gasteiger partial charge in [-0.2, -0.15) is 0 Å². The lowest BCUT2D eigenvalue weighted by atomic mass is 9.63. The fraction of sp³-hybridized carbons (Fsp3) is 0.833. The summed E-state index contributed by atoms with van der Waals surface area (Å²) >= 11 is 0. The van der Waals surface area contributed by atoms with Gasteiger partial charge in [0.15, 0.2) is 0 Å². The molecule has 1 heterocycles. The van der Waals surface area contributed by atoms with Crippen molar-refractivity contribution in [3.63, 3.8) is 0 Å². The third kappa shape index (κ3) is 1.32. The van der Waals surface area contributed by atoms with Crippen LogP contribution in [0.5, 0.6) is 0 Å². The molecule has 2 aliphatic rings. The lowest BCUT2D eigenvalue weighted by molar-refractivity contribution is -0.121. The Labute approximate surface area is 86.0 Å². The third-order valence-corrected chi connectivity index (χ3v) is 4.21. The Kier molecular flexibility index (Phi) is 2.44. The van der Waals surface area contributed by atoms with Gasteiger partial charge in [-0.25, -0.2) is 0 Å². The van der Waals surface area contributed by atoms with Gasteiger partial charge in [-0.05, 0) is 26.2 Å². The number of hydrogen-bond donors (Lipinski definition) is 1. The molecule has 2 nitrogen and oxygen atoms in total. The minimum atomic E-state index is -0.00329. The summed E-state index contributed by atoms with van der Waals surface area (Å²) in [6, 6.07) is 0. The Morgan fingerprint density at radius 3 is 2.93 bits per heavy atom. The van der Waals surface area contributed by atoms with E-state index in [9.17, 15) is 5.11 Å². The maximum atomic E-state index is 9.53. The second-order valence-electron chi connectivity index (χ2n) is 5.05. The summed E-state index contributed by atoms with van der Waals surface area (Å²) in [6.45, 7) is 7.48. The molecule has 1 aliphatic carbocycles. The summed E-state index contributed by atoms with van der Waals surface area (Å²) in [5, 5.41) is 9.53. The van der Waals surface area contributed by atoms with Crippen LogP contribution < -0.4 is 0 Å². The van der Waals surface area contributed by atoms with Crippen LogP contribution in [0.15, 0.2) is 11.6 Å². The van der Waals surface area contributed by atoms with E-state index in [2.05, 4.69) is 26.8 Å². The van der Waals surface area contributed by atoms with E-state index in [1.807, 2.05) is 0 Å². The molecule has 0 aromatic carbocycles. The number of fused-ring (bicyclic) bond motifs is 2. The highest BCUT2D eigenvalue weighted by Gasteiger charge is 2.46. The van der Waals surface area contributed by atoms with Gasteiger partial charge in [0, 0.05) is 11.3 Å². The molecule has 0 aromatic rings. The van der Waals surface area contributed by atoms with E-state index in [-0.39, 0.29) is 12.0 Å². The first-order valence-electron chi connectivity index (χ1n) is 5.50. The zero-order valence-electron chi connectivity index (χ0n) is 9.29. The highest BCUT2D eigenvalue weighted by Crippen LogP contribution is 2.47. The molecule has 0 saturated carbocycles. The summed E-state index contributed by atoms with van der Waals surface area (Å²) in [5.74, 6) is 0.961. The summed E-state index contributed by atoms with van der Waals surface area (Å²) < 4.78 is 5.78. The van der Waals surface area contributed by atoms with Gasteiger partial charge in [-0.3, -0.25) is 0 Å². The summed E-state index contributed by atoms with van der Waals surface area (Å²) in [7, 11) is 0. The van der Waals surface area contributed by atoms with Gasteiger partial charge in [0.1, 0.15) is 0 Å². The lowest BCUT2D eigenvalue weighted by Crippen LogP contribution is -2.49. The highest BCUT2D eigenvalue weighted by atomic mass is 16.5. The minimum Gasteiger partial charge on any atom is -0.396 e. The van der Waals surface area contributed by atoms with Crippen molar-refractivity contribution in [3.8, 4) is 0 Å². The molecule has 2 bridgehead atoms. The molecule has 80 valence electrons. The molecular formula is C12H20O2. The summed E-state index contributed by atoms with van der Waals surface area (Å²) in [6.07, 6.45) is 3.73. The smallest absolute Gasteiger partial charge is 0.0612 e. The van der Waals surface area contributed by atoms with Crippen LogP contribution in [0.1, 0.15) is 27.2 Å². The van der Waals surface area contributed by atoms with Crippen molar-refractivity contribution >= 4 is 0 Å². The maximum absolute atomic E-state index is 9.53. The zero-order valence-corrected chi connectivity index (χ0v) is 9.29. The monoisotopic (exact) mass is 196 g/mol. The third-order valence-electron chi connectivity index (χ3n) is 4.21. The van der Waals surface area contributed by atoms with Gasteiger partial charge >= 0.3 is 0 Å². The molecule has 1 fully saturated rings. The van der Waals surface area contributed by atoms with Crippen molar-refractivity contribution < 1.29 is 9.84 Å². The van der Waals surface area contributed by atoms with Gasteiger partial charge in [0.2, 0.25) is 0 Å². The normalized spacial score (nSPS) is 47.4. The van der Waals surface area contributed by atoms with Gasteiger partial charge in [0.05, 0.1) is 19.3 Å². The molecule has 0 spiro atoms. The Hall–Kier alpha value is -0.340. The van der Waals surface area contributed by atoms with E-state index in [0.717, 1.165) is 6.42 Å². The Morgan fingerprint density at radius 2 is 2.29 bits per heavy atom. The second-order valence-corrected chi connectivity index (χ2v) is 5.05. The topological polar surface area (TPSA) is 29.5 Å². The Balaban J connectivity index is 2.33. The number of hydrogen-bond acceptors (Lipinski definition) is 2. The van der Waals surface area contributed by atoms with Crippen molar-refractivity contribution in [2.75, 3.05) is 13.2 Å². The SMILES string of the molecule is CC1=C[C@H](C)[C@@]2(CO)CO[C@H](C)[C@@H]1C2. The molecule has 2 rings (SSSR count). The van der Waals surface area contributed by atoms with Crippen molar-refractivity contribution in [1.82, 2.24) is 0 Å². The molecule has 1 saturated heterocycles. The van der Waals surface area contributed by atoms with Crippen LogP contribution in [-0.4, -0.2) is 24.4 Å². The Morgan fingerprint density at radius 1 is 1.57 bits per heavy atom. The van der Waals surface area contributed by atoms with E-state index in [0.29, 0.717) is 24.5 Å². The van der Waals surface area contributed by atoms with E-state index in [1.54, 1.807) is 0 Å². The number of allylic oxidation sites excluding steroid dienone is 1. The van der Waals surface area contributed by atoms with Crippen molar-refractivity contribution in [2.24, 2.45) is 17.3 Å². The predicted molar refractivity (Wildman–Crippen MR) is 56.0 cm³/mol. The minimum absolute atomic E-state index is 0.00329. The molecule has 4 atom stereocenters. The number of ether oxygens (including phenoxy) is 1. The maximum Gasteiger partial charge on any atom is 0.0612 e. The van der Waals surface area contributed by atoms with Crippen molar-refractivity contribution in [1.29, 1.82) is 0 Å². The highest BCUT2D eigenvalue weighted by molar-refractivity contribution is 5.17. The average Bonchev–Trinajstić information content (AvgIpc) is 2.17. The van der Waals surface area contributed by atoms with E-state index >= 15 is 0 Å². The number of aliphatic hydroxyl groups is 1. The van der Waals surface area contributed by atoms with Crippen LogP contribution in [0.4, 0.5) is 0 Å². The lowest BCUT2D eigenvalue weighted by Gasteiger charge is -2.49. The van der Waals surface area contributed by atoms with Crippen molar-refractivity contribution in [3.05, 3.63) is 11.6 Å². The molecule has 0 aromatic heterocycles. The first-order chi connectivity index (χ1) is 6.59. The average molecular weight is 196 g/mol. The zero-order chi connectivity index (χ0) is 10.3. The first-order valence-corrected chi connectivity index (χ1v) is 5.50. The standard InChI is InChI=1S/C12H20O2/c1-8-4-9(2)12(6-13)5-11(8)10(3)14-7-12/h4,9-11,13H,5-7H2,1-3H3/t9-,10+,11+,12-/m0/s1. The number of rotatable bonds is 1. The first kappa shape index (κ1) is 10.2. The predicted octanol–water partition coefficient (Wildman–Crippen LogP) is 1.99. The van der Waals surface area contributed by atoms with E-state index < -0.39 is 0 Å². The van der Waals surface area contributed by atoms with Gasteiger partial charge in [0.25, 0.3) is 0 Å². The van der Waals surface area contributed by atoms with Gasteiger partial charge < -0.3 is 9.84 Å². The molecular weight excluding hydrogens is 176 g/mol. The molecule has 0 unspecified atom stereocenters. The van der Waals surface area contributed by atoms with Crippen LogP contribution in [0.3, 0.4) is 0 Å². The van der Waals surface area contributed by atoms with Crippen LogP contribution in [0.2, 0.25) is 0 Å². The molecule has 0 radical (unpaired) electrons. The van der Waals surface area contributed by atoms with Gasteiger partial charge in [-0.15, -0.1) is 0 Å². The molecule has 0 amide bonds. The summed E-state index contributed by atoms with van der Waals surface area (Å²) in [4.78, 5) is 0. The fourth-order valence-electron chi connectivity index (χ4n) is 2.87. The molecule has 14 heavy (non-hydrogen) atoms. The second kappa shape index (κ2) is 3.35. The largest absolute Gasteiger partial charge is 0.396 e. The van der Waals surface area contributed by atoms with Crippen LogP contribution >= 0.6 is 0 Å². The van der Waals surface area contributed by atoms with E-state index in [1.165, 1.54) is 5.57 Å². The molecule has 1 N–H and O–H groups in total. The van der Waals surface area contributed by atoms with Crippen molar-refractivity contribution in [2.45, 2.75) is 33.3 Å². The van der Waals surface area contributed by atoms with Gasteiger partial charge in [-0.1, -0.05) is 18.6 Å². The van der Waals surface area contributed by atoms with Crippen LogP contribution in [-0.2, 0) is 4.74 Å². The van der Waals surface area contributed by atoms with Crippen LogP contribution in [0.25, 0.3) is 0 Å². The summed E-state index contributed by atoms with van der Waals surface area (Å²) in [5.41, 5.74) is 1.44.